The summed E-state index contributed by atoms with van der Waals surface area (Å²) in [4.78, 5) is 19.8. The topological polar surface area (TPSA) is 90.2 Å². The Morgan fingerprint density at radius 3 is 2.65 bits per heavy atom. The number of hydrogen-bond donors (Lipinski definition) is 1. The van der Waals surface area contributed by atoms with E-state index in [9.17, 15) is 8.78 Å². The molecule has 3 aromatic rings. The highest BCUT2D eigenvalue weighted by atomic mass is 19.3. The van der Waals surface area contributed by atoms with Crippen LogP contribution < -0.4 is 19.7 Å². The second-order valence-electron chi connectivity index (χ2n) is 8.86. The summed E-state index contributed by atoms with van der Waals surface area (Å²) >= 11 is 0. The van der Waals surface area contributed by atoms with Crippen molar-refractivity contribution in [2.75, 3.05) is 31.0 Å². The number of methoxy groups -OCH3 is 1. The summed E-state index contributed by atoms with van der Waals surface area (Å²) in [6.45, 7) is 2.34. The van der Waals surface area contributed by atoms with Gasteiger partial charge in [-0.15, -0.1) is 0 Å². The predicted molar refractivity (Wildman–Crippen MR) is 123 cm³/mol. The van der Waals surface area contributed by atoms with Gasteiger partial charge in [0.15, 0.2) is 23.1 Å². The van der Waals surface area contributed by atoms with E-state index in [1.54, 1.807) is 30.4 Å². The third kappa shape index (κ3) is 4.34. The minimum absolute atomic E-state index is 0.00830. The summed E-state index contributed by atoms with van der Waals surface area (Å²) in [5, 5.41) is 3.17. The van der Waals surface area contributed by atoms with Crippen molar-refractivity contribution in [1.29, 1.82) is 0 Å². The van der Waals surface area contributed by atoms with E-state index in [-0.39, 0.29) is 24.8 Å². The van der Waals surface area contributed by atoms with Crippen molar-refractivity contribution < 1.29 is 18.3 Å². The number of nitrogens with zero attached hydrogens (tertiary/aromatic N) is 6. The molecule has 1 N–H and O–H groups in total. The Bertz CT molecular complexity index is 1180. The molecule has 11 heteroatoms. The number of anilines is 3. The highest BCUT2D eigenvalue weighted by molar-refractivity contribution is 5.62. The molecule has 2 aliphatic rings. The number of nitrogens with one attached hydrogen (secondary N) is 1. The minimum atomic E-state index is -2.55. The van der Waals surface area contributed by atoms with Crippen molar-refractivity contribution in [2.45, 2.75) is 44.6 Å². The van der Waals surface area contributed by atoms with Crippen LogP contribution >= 0.6 is 0 Å². The first kappa shape index (κ1) is 22.3. The van der Waals surface area contributed by atoms with Crippen molar-refractivity contribution in [2.24, 2.45) is 5.92 Å². The maximum atomic E-state index is 13.6. The Hall–Kier alpha value is -3.50. The van der Waals surface area contributed by atoms with E-state index in [1.165, 1.54) is 0 Å². The Labute approximate surface area is 196 Å². The SMILES string of the molecule is COc1cc(Nc2ncc3c(n2)N(C)C(C2CCC(F)(F)CC2)CO3)cnc1-n1cnc(C)c1. The lowest BCUT2D eigenvalue weighted by molar-refractivity contribution is -0.0501. The highest BCUT2D eigenvalue weighted by Crippen LogP contribution is 2.41. The number of halogens is 2. The lowest BCUT2D eigenvalue weighted by atomic mass is 9.81. The molecular formula is C23H27F2N7O2. The van der Waals surface area contributed by atoms with Crippen LogP contribution in [0.3, 0.4) is 0 Å². The van der Waals surface area contributed by atoms with Crippen molar-refractivity contribution >= 4 is 17.5 Å². The van der Waals surface area contributed by atoms with Crippen molar-refractivity contribution in [3.63, 3.8) is 0 Å². The van der Waals surface area contributed by atoms with E-state index in [0.29, 0.717) is 54.2 Å². The summed E-state index contributed by atoms with van der Waals surface area (Å²) in [7, 11) is 3.51. The summed E-state index contributed by atoms with van der Waals surface area (Å²) in [6.07, 6.45) is 7.64. The third-order valence-electron chi connectivity index (χ3n) is 6.55. The zero-order chi connectivity index (χ0) is 23.9. The molecule has 0 aromatic carbocycles. The maximum Gasteiger partial charge on any atom is 0.248 e. The lowest BCUT2D eigenvalue weighted by Gasteiger charge is -2.41. The molecule has 0 radical (unpaired) electrons. The zero-order valence-electron chi connectivity index (χ0n) is 19.3. The molecule has 180 valence electrons. The smallest absolute Gasteiger partial charge is 0.248 e. The number of aromatic nitrogens is 5. The van der Waals surface area contributed by atoms with Gasteiger partial charge < -0.3 is 19.7 Å². The molecule has 0 bridgehead atoms. The summed E-state index contributed by atoms with van der Waals surface area (Å²) in [6, 6.07) is 1.80. The number of fused-ring (bicyclic) bond motifs is 1. The van der Waals surface area contributed by atoms with Gasteiger partial charge in [0.2, 0.25) is 11.9 Å². The fourth-order valence-corrected chi connectivity index (χ4v) is 4.64. The van der Waals surface area contributed by atoms with Crippen LogP contribution in [0.25, 0.3) is 5.82 Å². The summed E-state index contributed by atoms with van der Waals surface area (Å²) < 4.78 is 40.5. The van der Waals surface area contributed by atoms with Crippen LogP contribution in [0, 0.1) is 12.8 Å². The molecule has 9 nitrogen and oxygen atoms in total. The van der Waals surface area contributed by atoms with E-state index < -0.39 is 5.92 Å². The van der Waals surface area contributed by atoms with Gasteiger partial charge in [0.25, 0.3) is 0 Å². The van der Waals surface area contributed by atoms with Gasteiger partial charge in [0.05, 0.1) is 36.9 Å². The van der Waals surface area contributed by atoms with Gasteiger partial charge in [-0.3, -0.25) is 4.57 Å². The number of alkyl halides is 2. The van der Waals surface area contributed by atoms with Crippen LogP contribution in [0.1, 0.15) is 31.4 Å². The molecule has 1 unspecified atom stereocenters. The summed E-state index contributed by atoms with van der Waals surface area (Å²) in [5.41, 5.74) is 1.53. The third-order valence-corrected chi connectivity index (χ3v) is 6.55. The molecule has 1 atom stereocenters. The maximum absolute atomic E-state index is 13.6. The van der Waals surface area contributed by atoms with Crippen LogP contribution in [0.4, 0.5) is 26.2 Å². The Morgan fingerprint density at radius 1 is 1.15 bits per heavy atom. The highest BCUT2D eigenvalue weighted by Gasteiger charge is 2.41. The van der Waals surface area contributed by atoms with Gasteiger partial charge >= 0.3 is 0 Å². The number of ether oxygens (including phenoxy) is 2. The standard InChI is InChI=1S/C23H27F2N7O2/c1-14-11-32(13-28-14)20-18(33-3)8-16(9-26-20)29-22-27-10-19-21(30-22)31(2)17(12-34-19)15-4-6-23(24,25)7-5-15/h8-11,13,15,17H,4-7,12H2,1-3H3,(H,27,29,30). The largest absolute Gasteiger partial charge is 0.493 e. The number of imidazole rings is 1. The number of pyridine rings is 1. The number of hydrogen-bond acceptors (Lipinski definition) is 8. The molecule has 5 rings (SSSR count). The fraction of sp³-hybridized carbons (Fsp3) is 0.478. The fourth-order valence-electron chi connectivity index (χ4n) is 4.64. The molecule has 0 amide bonds. The molecular weight excluding hydrogens is 444 g/mol. The van der Waals surface area contributed by atoms with Crippen molar-refractivity contribution in [3.05, 3.63) is 36.7 Å². The van der Waals surface area contributed by atoms with Crippen LogP contribution in [0.2, 0.25) is 0 Å². The minimum Gasteiger partial charge on any atom is -0.493 e. The van der Waals surface area contributed by atoms with Crippen LogP contribution in [0.15, 0.2) is 31.0 Å². The van der Waals surface area contributed by atoms with Gasteiger partial charge in [0.1, 0.15) is 12.9 Å². The normalized spacial score (nSPS) is 19.9. The molecule has 3 aromatic heterocycles. The number of likely N-dealkylation sites (N-methyl/N-ethyl adjacent to an activating group) is 1. The first-order chi connectivity index (χ1) is 16.3. The predicted octanol–water partition coefficient (Wildman–Crippen LogP) is 4.14. The van der Waals surface area contributed by atoms with Crippen LogP contribution in [0.5, 0.6) is 11.5 Å². The molecule has 0 spiro atoms. The van der Waals surface area contributed by atoms with Gasteiger partial charge in [-0.2, -0.15) is 4.98 Å². The van der Waals surface area contributed by atoms with E-state index in [2.05, 4.69) is 25.3 Å². The van der Waals surface area contributed by atoms with Gasteiger partial charge in [-0.25, -0.2) is 23.7 Å². The second kappa shape index (κ2) is 8.69. The number of rotatable bonds is 5. The molecule has 1 fully saturated rings. The van der Waals surface area contributed by atoms with E-state index >= 15 is 0 Å². The summed E-state index contributed by atoms with van der Waals surface area (Å²) in [5.74, 6) is 0.355. The number of aryl methyl sites for hydroxylation is 1. The van der Waals surface area contributed by atoms with E-state index in [0.717, 1.165) is 5.69 Å². The van der Waals surface area contributed by atoms with Gasteiger partial charge in [-0.1, -0.05) is 0 Å². The molecule has 1 aliphatic carbocycles. The first-order valence-corrected chi connectivity index (χ1v) is 11.3. The monoisotopic (exact) mass is 471 g/mol. The van der Waals surface area contributed by atoms with Crippen LogP contribution in [-0.2, 0) is 0 Å². The Kier molecular flexibility index (Phi) is 5.70. The average molecular weight is 472 g/mol. The lowest BCUT2D eigenvalue weighted by Crippen LogP contribution is -2.47. The van der Waals surface area contributed by atoms with Crippen LogP contribution in [-0.4, -0.2) is 57.2 Å². The van der Waals surface area contributed by atoms with E-state index in [1.807, 2.05) is 31.1 Å². The first-order valence-electron chi connectivity index (χ1n) is 11.3. The molecule has 1 aliphatic heterocycles. The van der Waals surface area contributed by atoms with Crippen molar-refractivity contribution in [3.8, 4) is 17.3 Å². The van der Waals surface area contributed by atoms with E-state index in [4.69, 9.17) is 9.47 Å². The molecule has 4 heterocycles. The molecule has 1 saturated carbocycles. The average Bonchev–Trinajstić information content (AvgIpc) is 3.26. The van der Waals surface area contributed by atoms with Crippen molar-refractivity contribution in [1.82, 2.24) is 24.5 Å². The quantitative estimate of drug-likeness (QED) is 0.594. The Morgan fingerprint density at radius 2 is 1.94 bits per heavy atom. The molecule has 0 saturated heterocycles. The van der Waals surface area contributed by atoms with Gasteiger partial charge in [0, 0.05) is 32.2 Å². The Balaban J connectivity index is 1.34. The van der Waals surface area contributed by atoms with Gasteiger partial charge in [-0.05, 0) is 25.7 Å². The molecule has 34 heavy (non-hydrogen) atoms. The second-order valence-corrected chi connectivity index (χ2v) is 8.86. The zero-order valence-corrected chi connectivity index (χ0v) is 19.3.